The van der Waals surface area contributed by atoms with Crippen LogP contribution in [-0.2, 0) is 20.9 Å². The first-order chi connectivity index (χ1) is 13.4. The Bertz CT molecular complexity index is 992. The summed E-state index contributed by atoms with van der Waals surface area (Å²) in [5.74, 6) is -1.53. The molecule has 3 fully saturated rings. The van der Waals surface area contributed by atoms with Gasteiger partial charge < -0.3 is 4.74 Å². The van der Waals surface area contributed by atoms with Gasteiger partial charge in [-0.2, -0.15) is 5.10 Å². The van der Waals surface area contributed by atoms with Crippen molar-refractivity contribution >= 4 is 29.1 Å². The molecule has 0 unspecified atom stereocenters. The second-order valence-corrected chi connectivity index (χ2v) is 8.17. The van der Waals surface area contributed by atoms with Crippen LogP contribution in [0, 0.1) is 31.5 Å². The summed E-state index contributed by atoms with van der Waals surface area (Å²) in [5.41, 5.74) is 2.56. The van der Waals surface area contributed by atoms with E-state index in [1.165, 1.54) is 17.0 Å². The molecule has 0 radical (unpaired) electrons. The predicted molar refractivity (Wildman–Crippen MR) is 99.6 cm³/mol. The number of aryl methyl sites for hydroxylation is 1. The normalized spacial score (nSPS) is 28.5. The van der Waals surface area contributed by atoms with Gasteiger partial charge in [0.05, 0.1) is 47.7 Å². The van der Waals surface area contributed by atoms with Crippen molar-refractivity contribution in [3.63, 3.8) is 0 Å². The first kappa shape index (κ1) is 17.8. The Morgan fingerprint density at radius 1 is 1.18 bits per heavy atom. The zero-order valence-electron chi connectivity index (χ0n) is 15.5. The first-order valence-electron chi connectivity index (χ1n) is 9.38. The number of halogens is 2. The van der Waals surface area contributed by atoms with Crippen molar-refractivity contribution in [2.24, 2.45) is 11.8 Å². The van der Waals surface area contributed by atoms with Gasteiger partial charge in [-0.15, -0.1) is 0 Å². The second kappa shape index (κ2) is 6.12. The molecule has 1 aromatic carbocycles. The van der Waals surface area contributed by atoms with E-state index in [0.29, 0.717) is 34.2 Å². The molecule has 8 heteroatoms. The Labute approximate surface area is 166 Å². The maximum absolute atomic E-state index is 13.3. The van der Waals surface area contributed by atoms with Crippen LogP contribution in [0.5, 0.6) is 0 Å². The summed E-state index contributed by atoms with van der Waals surface area (Å²) >= 11 is 6.14. The van der Waals surface area contributed by atoms with Crippen LogP contribution in [-0.4, -0.2) is 33.8 Å². The highest BCUT2D eigenvalue weighted by molar-refractivity contribution is 6.31. The number of carbonyl (C=O) groups is 2. The molecule has 28 heavy (non-hydrogen) atoms. The molecule has 0 saturated carbocycles. The van der Waals surface area contributed by atoms with Crippen molar-refractivity contribution in [2.75, 3.05) is 4.90 Å². The van der Waals surface area contributed by atoms with E-state index in [-0.39, 0.29) is 35.9 Å². The molecule has 1 aromatic heterocycles. The fraction of sp³-hybridized carbons (Fsp3) is 0.450. The summed E-state index contributed by atoms with van der Waals surface area (Å²) < 4.78 is 20.8. The maximum atomic E-state index is 13.3. The smallest absolute Gasteiger partial charge is 0.240 e. The van der Waals surface area contributed by atoms with Gasteiger partial charge in [-0.3, -0.25) is 14.3 Å². The van der Waals surface area contributed by atoms with E-state index in [9.17, 15) is 14.0 Å². The summed E-state index contributed by atoms with van der Waals surface area (Å²) in [4.78, 5) is 27.5. The molecule has 146 valence electrons. The van der Waals surface area contributed by atoms with E-state index in [2.05, 4.69) is 5.10 Å². The van der Waals surface area contributed by atoms with E-state index in [1.54, 1.807) is 17.7 Å². The van der Waals surface area contributed by atoms with Gasteiger partial charge in [0.2, 0.25) is 11.8 Å². The molecule has 3 aliphatic rings. The summed E-state index contributed by atoms with van der Waals surface area (Å²) in [6.07, 6.45) is 1.37. The van der Waals surface area contributed by atoms with Gasteiger partial charge in [0.25, 0.3) is 0 Å². The third-order valence-corrected chi connectivity index (χ3v) is 6.54. The number of imide groups is 1. The van der Waals surface area contributed by atoms with Crippen LogP contribution in [0.2, 0.25) is 5.02 Å². The van der Waals surface area contributed by atoms with Crippen LogP contribution >= 0.6 is 11.6 Å². The SMILES string of the molecule is Cc1nn(Cc2ccc(F)cc2Cl)c(C)c1N1C(=O)[C@@H]2[C@@H](C1=O)[C@H]1CC[C@H]2O1. The topological polar surface area (TPSA) is 64.4 Å². The van der Waals surface area contributed by atoms with Crippen molar-refractivity contribution in [1.29, 1.82) is 0 Å². The number of fused-ring (bicyclic) bond motifs is 5. The Kier molecular flexibility index (Phi) is 3.90. The molecule has 5 rings (SSSR count). The first-order valence-corrected chi connectivity index (χ1v) is 9.76. The minimum atomic E-state index is -0.403. The predicted octanol–water partition coefficient (Wildman–Crippen LogP) is 3.01. The molecule has 2 amide bonds. The van der Waals surface area contributed by atoms with E-state index in [4.69, 9.17) is 16.3 Å². The lowest BCUT2D eigenvalue weighted by molar-refractivity contribution is -0.124. The molecule has 4 atom stereocenters. The number of anilines is 1. The number of rotatable bonds is 3. The second-order valence-electron chi connectivity index (χ2n) is 7.77. The van der Waals surface area contributed by atoms with Gasteiger partial charge in [0.1, 0.15) is 5.82 Å². The van der Waals surface area contributed by atoms with Crippen molar-refractivity contribution in [2.45, 2.75) is 45.4 Å². The minimum Gasteiger partial charge on any atom is -0.373 e. The number of amides is 2. The summed E-state index contributed by atoms with van der Waals surface area (Å²) in [6, 6.07) is 4.21. The third kappa shape index (κ3) is 2.39. The Balaban J connectivity index is 1.50. The van der Waals surface area contributed by atoms with E-state index < -0.39 is 5.82 Å². The van der Waals surface area contributed by atoms with Crippen LogP contribution in [0.1, 0.15) is 29.8 Å². The van der Waals surface area contributed by atoms with Crippen molar-refractivity contribution in [3.8, 4) is 0 Å². The number of hydrogen-bond acceptors (Lipinski definition) is 4. The molecule has 4 heterocycles. The number of hydrogen-bond donors (Lipinski definition) is 0. The quantitative estimate of drug-likeness (QED) is 0.739. The fourth-order valence-corrected chi connectivity index (χ4v) is 5.14. The van der Waals surface area contributed by atoms with Gasteiger partial charge in [0.15, 0.2) is 0 Å². The van der Waals surface area contributed by atoms with Crippen LogP contribution in [0.25, 0.3) is 0 Å². The average Bonchev–Trinajstić information content (AvgIpc) is 3.37. The average molecular weight is 404 g/mol. The fourth-order valence-electron chi connectivity index (χ4n) is 4.91. The van der Waals surface area contributed by atoms with Gasteiger partial charge in [0, 0.05) is 5.02 Å². The molecule has 0 spiro atoms. The van der Waals surface area contributed by atoms with Crippen LogP contribution < -0.4 is 4.90 Å². The maximum Gasteiger partial charge on any atom is 0.240 e. The lowest BCUT2D eigenvalue weighted by Gasteiger charge is -2.18. The Morgan fingerprint density at radius 2 is 1.82 bits per heavy atom. The zero-order chi connectivity index (χ0) is 19.7. The molecule has 0 N–H and O–H groups in total. The Morgan fingerprint density at radius 3 is 2.43 bits per heavy atom. The monoisotopic (exact) mass is 403 g/mol. The summed E-state index contributed by atoms with van der Waals surface area (Å²) in [7, 11) is 0. The number of carbonyl (C=O) groups excluding carboxylic acids is 2. The Hall–Kier alpha value is -2.25. The lowest BCUT2D eigenvalue weighted by atomic mass is 9.81. The number of nitrogens with zero attached hydrogens (tertiary/aromatic N) is 3. The van der Waals surface area contributed by atoms with Crippen LogP contribution in [0.4, 0.5) is 10.1 Å². The molecule has 0 aliphatic carbocycles. The molecule has 3 aliphatic heterocycles. The van der Waals surface area contributed by atoms with E-state index in [1.807, 2.05) is 6.92 Å². The largest absolute Gasteiger partial charge is 0.373 e. The number of aromatic nitrogens is 2. The minimum absolute atomic E-state index is 0.148. The van der Waals surface area contributed by atoms with Gasteiger partial charge in [-0.1, -0.05) is 17.7 Å². The standard InChI is InChI=1S/C20H19ClFN3O3/c1-9-18(10(2)24(23-9)8-11-3-4-12(22)7-13(11)21)25-19(26)16-14-5-6-15(28-14)17(16)20(25)27/h3-4,7,14-17H,5-6,8H2,1-2H3/t14-,15-,16+,17+/m1/s1. The third-order valence-electron chi connectivity index (χ3n) is 6.19. The highest BCUT2D eigenvalue weighted by atomic mass is 35.5. The zero-order valence-corrected chi connectivity index (χ0v) is 16.2. The van der Waals surface area contributed by atoms with Crippen LogP contribution in [0.15, 0.2) is 18.2 Å². The molecular formula is C20H19ClFN3O3. The van der Waals surface area contributed by atoms with Crippen LogP contribution in [0.3, 0.4) is 0 Å². The van der Waals surface area contributed by atoms with Gasteiger partial charge >= 0.3 is 0 Å². The number of benzene rings is 1. The van der Waals surface area contributed by atoms with Crippen molar-refractivity contribution in [1.82, 2.24) is 9.78 Å². The molecule has 6 nitrogen and oxygen atoms in total. The number of ether oxygens (including phenoxy) is 1. The lowest BCUT2D eigenvalue weighted by Crippen LogP contribution is -2.35. The van der Waals surface area contributed by atoms with Gasteiger partial charge in [-0.05, 0) is 44.4 Å². The molecule has 2 aromatic rings. The van der Waals surface area contributed by atoms with E-state index in [0.717, 1.165) is 12.8 Å². The summed E-state index contributed by atoms with van der Waals surface area (Å²) in [6.45, 7) is 3.93. The van der Waals surface area contributed by atoms with Crippen molar-refractivity contribution in [3.05, 3.63) is 46.0 Å². The van der Waals surface area contributed by atoms with Gasteiger partial charge in [-0.25, -0.2) is 9.29 Å². The van der Waals surface area contributed by atoms with Crippen molar-refractivity contribution < 1.29 is 18.7 Å². The highest BCUT2D eigenvalue weighted by Gasteiger charge is 2.63. The molecule has 2 bridgehead atoms. The highest BCUT2D eigenvalue weighted by Crippen LogP contribution is 2.50. The molecule has 3 saturated heterocycles. The molecular weight excluding hydrogens is 385 g/mol. The van der Waals surface area contributed by atoms with E-state index >= 15 is 0 Å². The summed E-state index contributed by atoms with van der Waals surface area (Å²) in [5, 5.41) is 4.83.